The zero-order valence-corrected chi connectivity index (χ0v) is 9.70. The summed E-state index contributed by atoms with van der Waals surface area (Å²) in [5.74, 6) is -0.227. The molecule has 1 aromatic carbocycles. The van der Waals surface area contributed by atoms with E-state index >= 15 is 0 Å². The van der Waals surface area contributed by atoms with Gasteiger partial charge in [0.2, 0.25) is 0 Å². The van der Waals surface area contributed by atoms with Crippen LogP contribution >= 0.6 is 0 Å². The lowest BCUT2D eigenvalue weighted by atomic mass is 10.1. The quantitative estimate of drug-likeness (QED) is 0.720. The molecular formula is C12H18FNO2. The highest BCUT2D eigenvalue weighted by atomic mass is 19.1. The molecule has 0 aliphatic carbocycles. The van der Waals surface area contributed by atoms with Crippen LogP contribution in [-0.4, -0.2) is 34.0 Å². The van der Waals surface area contributed by atoms with Gasteiger partial charge in [-0.25, -0.2) is 4.39 Å². The van der Waals surface area contributed by atoms with Crippen molar-refractivity contribution in [3.05, 3.63) is 35.6 Å². The van der Waals surface area contributed by atoms with Crippen molar-refractivity contribution in [1.29, 1.82) is 0 Å². The normalized spacial score (nSPS) is 12.7. The lowest BCUT2D eigenvalue weighted by molar-refractivity contribution is 0.0596. The number of hydrogen-bond donors (Lipinski definition) is 1. The molecule has 0 fully saturated rings. The van der Waals surface area contributed by atoms with E-state index in [0.717, 1.165) is 5.56 Å². The van der Waals surface area contributed by atoms with Crippen LogP contribution in [0.3, 0.4) is 0 Å². The fraction of sp³-hybridized carbons (Fsp3) is 0.500. The first-order valence-electron chi connectivity index (χ1n) is 5.27. The first kappa shape index (κ1) is 13.1. The Bertz CT molecular complexity index is 307. The van der Waals surface area contributed by atoms with Crippen molar-refractivity contribution in [3.8, 4) is 0 Å². The summed E-state index contributed by atoms with van der Waals surface area (Å²) in [5, 5.41) is 3.09. The van der Waals surface area contributed by atoms with Gasteiger partial charge in [0.25, 0.3) is 0 Å². The molecule has 0 saturated carbocycles. The van der Waals surface area contributed by atoms with Crippen LogP contribution < -0.4 is 5.32 Å². The highest BCUT2D eigenvalue weighted by Crippen LogP contribution is 2.14. The van der Waals surface area contributed by atoms with Crippen LogP contribution in [0.25, 0.3) is 0 Å². The van der Waals surface area contributed by atoms with E-state index in [2.05, 4.69) is 5.32 Å². The average Bonchev–Trinajstić information content (AvgIpc) is 2.29. The van der Waals surface area contributed by atoms with Gasteiger partial charge in [-0.05, 0) is 24.7 Å². The van der Waals surface area contributed by atoms with E-state index in [9.17, 15) is 4.39 Å². The summed E-state index contributed by atoms with van der Waals surface area (Å²) in [6.07, 6.45) is 0. The van der Waals surface area contributed by atoms with Crippen LogP contribution in [0, 0.1) is 5.82 Å². The molecule has 4 heteroatoms. The number of benzene rings is 1. The van der Waals surface area contributed by atoms with Crippen LogP contribution in [0.2, 0.25) is 0 Å². The van der Waals surface area contributed by atoms with Crippen molar-refractivity contribution in [2.24, 2.45) is 0 Å². The molecule has 1 atom stereocenters. The summed E-state index contributed by atoms with van der Waals surface area (Å²) in [6, 6.07) is 6.53. The van der Waals surface area contributed by atoms with E-state index in [1.165, 1.54) is 12.1 Å². The van der Waals surface area contributed by atoms with Gasteiger partial charge in [0, 0.05) is 7.11 Å². The molecule has 90 valence electrons. The van der Waals surface area contributed by atoms with Crippen molar-refractivity contribution in [1.82, 2.24) is 5.32 Å². The van der Waals surface area contributed by atoms with Crippen LogP contribution in [0.5, 0.6) is 0 Å². The monoisotopic (exact) mass is 227 g/mol. The maximum absolute atomic E-state index is 13.0. The van der Waals surface area contributed by atoms with Gasteiger partial charge >= 0.3 is 0 Å². The minimum absolute atomic E-state index is 0.00700. The SMILES string of the molecule is CNC(COCCOC)c1cccc(F)c1. The van der Waals surface area contributed by atoms with Gasteiger partial charge < -0.3 is 14.8 Å². The van der Waals surface area contributed by atoms with E-state index in [4.69, 9.17) is 9.47 Å². The minimum Gasteiger partial charge on any atom is -0.382 e. The Balaban J connectivity index is 2.47. The van der Waals surface area contributed by atoms with E-state index in [0.29, 0.717) is 19.8 Å². The average molecular weight is 227 g/mol. The lowest BCUT2D eigenvalue weighted by Gasteiger charge is -2.16. The molecule has 0 aliphatic rings. The van der Waals surface area contributed by atoms with E-state index < -0.39 is 0 Å². The maximum atomic E-state index is 13.0. The Morgan fingerprint density at radius 1 is 1.38 bits per heavy atom. The zero-order chi connectivity index (χ0) is 11.8. The van der Waals surface area contributed by atoms with Gasteiger partial charge in [0.15, 0.2) is 0 Å². The predicted molar refractivity (Wildman–Crippen MR) is 60.9 cm³/mol. The van der Waals surface area contributed by atoms with Crippen LogP contribution in [0.1, 0.15) is 11.6 Å². The Labute approximate surface area is 95.6 Å². The smallest absolute Gasteiger partial charge is 0.123 e. The molecule has 1 rings (SSSR count). The number of rotatable bonds is 7. The highest BCUT2D eigenvalue weighted by Gasteiger charge is 2.09. The molecule has 3 nitrogen and oxygen atoms in total. The number of ether oxygens (including phenoxy) is 2. The predicted octanol–water partition coefficient (Wildman–Crippen LogP) is 1.75. The highest BCUT2D eigenvalue weighted by molar-refractivity contribution is 5.20. The molecule has 0 aromatic heterocycles. The number of methoxy groups -OCH3 is 1. The third-order valence-corrected chi connectivity index (χ3v) is 2.32. The number of halogens is 1. The number of nitrogens with one attached hydrogen (secondary N) is 1. The third kappa shape index (κ3) is 4.26. The molecule has 1 unspecified atom stereocenters. The maximum Gasteiger partial charge on any atom is 0.123 e. The van der Waals surface area contributed by atoms with Crippen LogP contribution in [0.15, 0.2) is 24.3 Å². The van der Waals surface area contributed by atoms with Gasteiger partial charge in [0.1, 0.15) is 5.82 Å². The molecule has 16 heavy (non-hydrogen) atoms. The van der Waals surface area contributed by atoms with Crippen LogP contribution in [-0.2, 0) is 9.47 Å². The van der Waals surface area contributed by atoms with Crippen molar-refractivity contribution < 1.29 is 13.9 Å². The Morgan fingerprint density at radius 3 is 2.81 bits per heavy atom. The Kier molecular flexibility index (Phi) is 6.00. The molecular weight excluding hydrogens is 209 g/mol. The topological polar surface area (TPSA) is 30.5 Å². The van der Waals surface area contributed by atoms with Gasteiger partial charge in [0.05, 0.1) is 25.9 Å². The molecule has 0 spiro atoms. The second-order valence-corrected chi connectivity index (χ2v) is 3.46. The van der Waals surface area contributed by atoms with Crippen molar-refractivity contribution in [2.75, 3.05) is 34.0 Å². The lowest BCUT2D eigenvalue weighted by Crippen LogP contribution is -2.22. The summed E-state index contributed by atoms with van der Waals surface area (Å²) in [4.78, 5) is 0. The first-order chi connectivity index (χ1) is 7.77. The molecule has 0 saturated heterocycles. The van der Waals surface area contributed by atoms with Crippen molar-refractivity contribution in [3.63, 3.8) is 0 Å². The summed E-state index contributed by atoms with van der Waals surface area (Å²) in [5.41, 5.74) is 0.889. The third-order valence-electron chi connectivity index (χ3n) is 2.32. The minimum atomic E-state index is -0.227. The largest absolute Gasteiger partial charge is 0.382 e. The molecule has 0 aliphatic heterocycles. The van der Waals surface area contributed by atoms with E-state index in [1.807, 2.05) is 13.1 Å². The molecule has 1 N–H and O–H groups in total. The number of likely N-dealkylation sites (N-methyl/N-ethyl adjacent to an activating group) is 1. The van der Waals surface area contributed by atoms with Crippen molar-refractivity contribution in [2.45, 2.75) is 6.04 Å². The first-order valence-corrected chi connectivity index (χ1v) is 5.27. The number of hydrogen-bond acceptors (Lipinski definition) is 3. The molecule has 1 aromatic rings. The molecule has 0 radical (unpaired) electrons. The second kappa shape index (κ2) is 7.33. The van der Waals surface area contributed by atoms with Gasteiger partial charge in [-0.2, -0.15) is 0 Å². The Hall–Kier alpha value is -0.970. The summed E-state index contributed by atoms with van der Waals surface area (Å²) < 4.78 is 23.3. The molecule has 0 bridgehead atoms. The summed E-state index contributed by atoms with van der Waals surface area (Å²) >= 11 is 0. The fourth-order valence-electron chi connectivity index (χ4n) is 1.41. The standard InChI is InChI=1S/C12H18FNO2/c1-14-12(9-16-7-6-15-2)10-4-3-5-11(13)8-10/h3-5,8,12,14H,6-7,9H2,1-2H3. The molecule has 0 heterocycles. The fourth-order valence-corrected chi connectivity index (χ4v) is 1.41. The van der Waals surface area contributed by atoms with E-state index in [1.54, 1.807) is 13.2 Å². The summed E-state index contributed by atoms with van der Waals surface area (Å²) in [7, 11) is 3.46. The Morgan fingerprint density at radius 2 is 2.19 bits per heavy atom. The van der Waals surface area contributed by atoms with Gasteiger partial charge in [-0.1, -0.05) is 12.1 Å². The van der Waals surface area contributed by atoms with Gasteiger partial charge in [-0.3, -0.25) is 0 Å². The zero-order valence-electron chi connectivity index (χ0n) is 9.70. The van der Waals surface area contributed by atoms with Gasteiger partial charge in [-0.15, -0.1) is 0 Å². The summed E-state index contributed by atoms with van der Waals surface area (Å²) in [6.45, 7) is 1.62. The van der Waals surface area contributed by atoms with Crippen molar-refractivity contribution >= 4 is 0 Å². The second-order valence-electron chi connectivity index (χ2n) is 3.46. The van der Waals surface area contributed by atoms with Crippen LogP contribution in [0.4, 0.5) is 4.39 Å². The van der Waals surface area contributed by atoms with E-state index in [-0.39, 0.29) is 11.9 Å². The molecule has 0 amide bonds.